The van der Waals surface area contributed by atoms with Crippen molar-refractivity contribution in [2.24, 2.45) is 0 Å². The minimum Gasteiger partial charge on any atom is -0.311 e. The highest BCUT2D eigenvalue weighted by molar-refractivity contribution is 7.92. The predicted molar refractivity (Wildman–Crippen MR) is 81.3 cm³/mol. The van der Waals surface area contributed by atoms with E-state index in [1.54, 1.807) is 0 Å². The summed E-state index contributed by atoms with van der Waals surface area (Å²) in [5, 5.41) is 2.98. The van der Waals surface area contributed by atoms with E-state index in [1.807, 2.05) is 0 Å². The normalized spacial score (nSPS) is 32.7. The number of sulfone groups is 1. The van der Waals surface area contributed by atoms with Crippen LogP contribution in [0.4, 0.5) is 0 Å². The molecular formula is C13H24N2O4S2. The number of piperidine rings is 1. The average Bonchev–Trinajstić information content (AvgIpc) is 2.36. The third kappa shape index (κ3) is 3.43. The Morgan fingerprint density at radius 3 is 2.33 bits per heavy atom. The molecular weight excluding hydrogens is 312 g/mol. The van der Waals surface area contributed by atoms with Gasteiger partial charge in [-0.2, -0.15) is 0 Å². The monoisotopic (exact) mass is 336 g/mol. The Labute approximate surface area is 127 Å². The molecule has 3 rings (SSSR count). The van der Waals surface area contributed by atoms with E-state index in [0.29, 0.717) is 0 Å². The fourth-order valence-electron chi connectivity index (χ4n) is 3.75. The highest BCUT2D eigenvalue weighted by Gasteiger charge is 2.42. The number of hydrogen-bond donors (Lipinski definition) is 2. The van der Waals surface area contributed by atoms with Gasteiger partial charge in [0.2, 0.25) is 10.0 Å². The van der Waals surface area contributed by atoms with Crippen LogP contribution in [0.3, 0.4) is 0 Å². The van der Waals surface area contributed by atoms with Gasteiger partial charge in [0.1, 0.15) is 9.84 Å². The van der Waals surface area contributed by atoms with Crippen molar-refractivity contribution in [2.75, 3.05) is 18.1 Å². The topological polar surface area (TPSA) is 92.3 Å². The summed E-state index contributed by atoms with van der Waals surface area (Å²) in [5.41, 5.74) is 0.154. The lowest BCUT2D eigenvalue weighted by Crippen LogP contribution is -2.60. The Balaban J connectivity index is 1.61. The molecule has 0 aromatic heterocycles. The molecule has 3 fully saturated rings. The van der Waals surface area contributed by atoms with Crippen LogP contribution in [0, 0.1) is 0 Å². The first-order valence-electron chi connectivity index (χ1n) is 7.77. The quantitative estimate of drug-likeness (QED) is 0.766. The zero-order valence-electron chi connectivity index (χ0n) is 12.2. The van der Waals surface area contributed by atoms with Gasteiger partial charge in [0, 0.05) is 11.6 Å². The van der Waals surface area contributed by atoms with E-state index in [-0.39, 0.29) is 35.9 Å². The molecule has 8 heteroatoms. The summed E-state index contributed by atoms with van der Waals surface area (Å²) in [7, 11) is -6.43. The van der Waals surface area contributed by atoms with Gasteiger partial charge in [0.25, 0.3) is 0 Å². The molecule has 1 atom stereocenters. The molecule has 1 saturated carbocycles. The molecule has 122 valence electrons. The van der Waals surface area contributed by atoms with Crippen LogP contribution in [0.15, 0.2) is 0 Å². The lowest BCUT2D eigenvalue weighted by Gasteiger charge is -2.48. The molecule has 3 aliphatic rings. The van der Waals surface area contributed by atoms with Gasteiger partial charge < -0.3 is 5.32 Å². The van der Waals surface area contributed by atoms with Crippen molar-refractivity contribution in [3.05, 3.63) is 0 Å². The molecule has 2 heterocycles. The van der Waals surface area contributed by atoms with Gasteiger partial charge in [-0.05, 0) is 51.5 Å². The minimum absolute atomic E-state index is 0.00455. The van der Waals surface area contributed by atoms with Crippen molar-refractivity contribution in [3.8, 4) is 0 Å². The van der Waals surface area contributed by atoms with Gasteiger partial charge in [0.15, 0.2) is 0 Å². The van der Waals surface area contributed by atoms with E-state index in [4.69, 9.17) is 0 Å². The van der Waals surface area contributed by atoms with Crippen LogP contribution >= 0.6 is 0 Å². The Kier molecular flexibility index (Phi) is 4.09. The molecule has 0 radical (unpaired) electrons. The summed E-state index contributed by atoms with van der Waals surface area (Å²) in [6, 6.07) is -0.00455. The van der Waals surface area contributed by atoms with Gasteiger partial charge in [-0.1, -0.05) is 0 Å². The number of nitrogens with one attached hydrogen (secondary N) is 2. The fraction of sp³-hybridized carbons (Fsp3) is 1.00. The Bertz CT molecular complexity index is 582. The highest BCUT2D eigenvalue weighted by atomic mass is 32.2. The largest absolute Gasteiger partial charge is 0.311 e. The summed E-state index contributed by atoms with van der Waals surface area (Å²) in [5.74, 6) is -0.0104. The molecule has 21 heavy (non-hydrogen) atoms. The number of hydrogen-bond acceptors (Lipinski definition) is 5. The zero-order chi connectivity index (χ0) is 15.1. The van der Waals surface area contributed by atoms with Crippen molar-refractivity contribution in [2.45, 2.75) is 61.8 Å². The molecule has 1 spiro atoms. The fourth-order valence-corrected chi connectivity index (χ4v) is 7.25. The summed E-state index contributed by atoms with van der Waals surface area (Å²) in [6.45, 7) is 0.853. The van der Waals surface area contributed by atoms with Crippen LogP contribution in [0.2, 0.25) is 0 Å². The smallest absolute Gasteiger partial charge is 0.214 e. The maximum Gasteiger partial charge on any atom is 0.214 e. The molecule has 0 aromatic carbocycles. The van der Waals surface area contributed by atoms with E-state index < -0.39 is 25.1 Å². The minimum atomic E-state index is -3.41. The molecule has 0 amide bonds. The Morgan fingerprint density at radius 1 is 1.10 bits per heavy atom. The molecule has 0 bridgehead atoms. The molecule has 2 N–H and O–H groups in total. The van der Waals surface area contributed by atoms with E-state index in [9.17, 15) is 16.8 Å². The predicted octanol–water partition coefficient (Wildman–Crippen LogP) is 0.158. The van der Waals surface area contributed by atoms with Gasteiger partial charge in [-0.3, -0.25) is 0 Å². The molecule has 6 nitrogen and oxygen atoms in total. The van der Waals surface area contributed by atoms with Crippen LogP contribution in [0.1, 0.15) is 44.9 Å². The van der Waals surface area contributed by atoms with Crippen molar-refractivity contribution < 1.29 is 16.8 Å². The first-order valence-corrected chi connectivity index (χ1v) is 11.1. The Hall–Kier alpha value is -0.180. The highest BCUT2D eigenvalue weighted by Crippen LogP contribution is 2.38. The van der Waals surface area contributed by atoms with Gasteiger partial charge in [-0.15, -0.1) is 0 Å². The number of rotatable bonds is 3. The van der Waals surface area contributed by atoms with Crippen molar-refractivity contribution in [1.29, 1.82) is 0 Å². The Morgan fingerprint density at radius 2 is 1.76 bits per heavy atom. The van der Waals surface area contributed by atoms with Gasteiger partial charge in [-0.25, -0.2) is 21.6 Å². The summed E-state index contributed by atoms with van der Waals surface area (Å²) in [6.07, 6.45) is 5.61. The first-order chi connectivity index (χ1) is 9.80. The van der Waals surface area contributed by atoms with Crippen molar-refractivity contribution in [3.63, 3.8) is 0 Å². The number of sulfonamides is 1. The molecule has 2 saturated heterocycles. The zero-order valence-corrected chi connectivity index (χ0v) is 13.8. The lowest BCUT2D eigenvalue weighted by atomic mass is 9.70. The summed E-state index contributed by atoms with van der Waals surface area (Å²) in [4.78, 5) is 0. The lowest BCUT2D eigenvalue weighted by molar-refractivity contribution is 0.126. The van der Waals surface area contributed by atoms with Crippen LogP contribution in [0.5, 0.6) is 0 Å². The van der Waals surface area contributed by atoms with Gasteiger partial charge in [0.05, 0.1) is 16.8 Å². The SMILES string of the molecule is O=S1(=O)CCC(S(=O)(=O)NC2CCNC3(CCC3)C2)CC1. The van der Waals surface area contributed by atoms with Crippen LogP contribution in [-0.4, -0.2) is 51.7 Å². The summed E-state index contributed by atoms with van der Waals surface area (Å²) < 4.78 is 50.6. The first kappa shape index (κ1) is 15.7. The molecule has 2 aliphatic heterocycles. The van der Waals surface area contributed by atoms with Crippen LogP contribution in [0.25, 0.3) is 0 Å². The van der Waals surface area contributed by atoms with E-state index >= 15 is 0 Å². The second kappa shape index (κ2) is 5.47. The maximum atomic E-state index is 12.5. The van der Waals surface area contributed by atoms with Crippen LogP contribution in [-0.2, 0) is 19.9 Å². The van der Waals surface area contributed by atoms with Gasteiger partial charge >= 0.3 is 0 Å². The van der Waals surface area contributed by atoms with E-state index in [1.165, 1.54) is 6.42 Å². The average molecular weight is 336 g/mol. The van der Waals surface area contributed by atoms with Crippen molar-refractivity contribution >= 4 is 19.9 Å². The summed E-state index contributed by atoms with van der Waals surface area (Å²) >= 11 is 0. The molecule has 0 aromatic rings. The second-order valence-electron chi connectivity index (χ2n) is 6.76. The van der Waals surface area contributed by atoms with E-state index in [0.717, 1.165) is 32.2 Å². The maximum absolute atomic E-state index is 12.5. The van der Waals surface area contributed by atoms with Crippen molar-refractivity contribution in [1.82, 2.24) is 10.0 Å². The third-order valence-electron chi connectivity index (χ3n) is 5.21. The third-order valence-corrected chi connectivity index (χ3v) is 8.94. The van der Waals surface area contributed by atoms with Crippen LogP contribution < -0.4 is 10.0 Å². The van der Waals surface area contributed by atoms with E-state index in [2.05, 4.69) is 10.0 Å². The standard InChI is InChI=1S/C13H24N2O4S2/c16-20(17)8-3-12(4-9-20)21(18,19)15-11-2-7-14-13(10-11)5-1-6-13/h11-12,14-15H,1-10H2. The second-order valence-corrected chi connectivity index (χ2v) is 11.1. The molecule has 1 aliphatic carbocycles. The molecule has 1 unspecified atom stereocenters.